The molecule has 0 aromatic carbocycles. The van der Waals surface area contributed by atoms with Crippen LogP contribution in [0.4, 0.5) is 5.82 Å². The number of hydrogen-bond donors (Lipinski definition) is 0. The number of amides is 1. The van der Waals surface area contributed by atoms with E-state index in [9.17, 15) is 4.79 Å². The number of nitrogens with zero attached hydrogens (tertiary/aromatic N) is 6. The molecule has 2 aliphatic rings. The van der Waals surface area contributed by atoms with E-state index in [-0.39, 0.29) is 11.7 Å². The van der Waals surface area contributed by atoms with Gasteiger partial charge < -0.3 is 14.7 Å². The molecule has 0 N–H and O–H groups in total. The fourth-order valence-corrected chi connectivity index (χ4v) is 4.85. The number of fused-ring (bicyclic) bond motifs is 1. The maximum Gasteiger partial charge on any atom is 0.291 e. The maximum atomic E-state index is 13.2. The Morgan fingerprint density at radius 1 is 1.00 bits per heavy atom. The number of likely N-dealkylation sites (N-methyl/N-ethyl adjacent to an activating group) is 1. The Balaban J connectivity index is 1.77. The Morgan fingerprint density at radius 3 is 2.57 bits per heavy atom. The van der Waals surface area contributed by atoms with E-state index in [4.69, 9.17) is 4.98 Å². The van der Waals surface area contributed by atoms with Crippen LogP contribution in [-0.4, -0.2) is 88.5 Å². The molecule has 2 aromatic rings. The average Bonchev–Trinajstić information content (AvgIpc) is 2.91. The summed E-state index contributed by atoms with van der Waals surface area (Å²) in [5.74, 6) is 3.22. The smallest absolute Gasteiger partial charge is 0.291 e. The van der Waals surface area contributed by atoms with Crippen molar-refractivity contribution in [3.8, 4) is 0 Å². The third kappa shape index (κ3) is 3.93. The van der Waals surface area contributed by atoms with E-state index in [0.29, 0.717) is 12.2 Å². The first-order chi connectivity index (χ1) is 13.5. The minimum Gasteiger partial charge on any atom is -0.354 e. The highest BCUT2D eigenvalue weighted by atomic mass is 32.2. The number of aromatic nitrogens is 3. The predicted octanol–water partition coefficient (Wildman–Crippen LogP) is 1.97. The first kappa shape index (κ1) is 19.4. The monoisotopic (exact) mass is 400 g/mol. The van der Waals surface area contributed by atoms with Crippen molar-refractivity contribution in [3.05, 3.63) is 23.1 Å². The summed E-state index contributed by atoms with van der Waals surface area (Å²) < 4.78 is 0. The molecule has 0 spiro atoms. The summed E-state index contributed by atoms with van der Waals surface area (Å²) >= 11 is 1.96. The first-order valence-electron chi connectivity index (χ1n) is 9.99. The van der Waals surface area contributed by atoms with Crippen molar-refractivity contribution >= 4 is 34.5 Å². The van der Waals surface area contributed by atoms with E-state index in [1.54, 1.807) is 0 Å². The van der Waals surface area contributed by atoms with E-state index in [2.05, 4.69) is 39.8 Å². The summed E-state index contributed by atoms with van der Waals surface area (Å²) in [6, 6.07) is 2.07. The van der Waals surface area contributed by atoms with Gasteiger partial charge in [0.05, 0.1) is 5.39 Å². The van der Waals surface area contributed by atoms with Gasteiger partial charge in [-0.25, -0.2) is 15.0 Å². The first-order valence-corrected chi connectivity index (χ1v) is 11.1. The summed E-state index contributed by atoms with van der Waals surface area (Å²) in [4.78, 5) is 33.8. The molecular formula is C20H28N6OS. The van der Waals surface area contributed by atoms with Crippen LogP contribution < -0.4 is 4.90 Å². The zero-order valence-electron chi connectivity index (χ0n) is 16.9. The van der Waals surface area contributed by atoms with Crippen LogP contribution in [0.3, 0.4) is 0 Å². The van der Waals surface area contributed by atoms with Gasteiger partial charge in [0.15, 0.2) is 5.65 Å². The zero-order valence-corrected chi connectivity index (χ0v) is 17.8. The lowest BCUT2D eigenvalue weighted by atomic mass is 10.1. The summed E-state index contributed by atoms with van der Waals surface area (Å²) in [6.45, 7) is 9.28. The molecule has 2 fully saturated rings. The summed E-state index contributed by atoms with van der Waals surface area (Å²) in [7, 11) is 2.10. The number of pyridine rings is 1. The van der Waals surface area contributed by atoms with Crippen LogP contribution in [0, 0.1) is 13.8 Å². The van der Waals surface area contributed by atoms with E-state index >= 15 is 0 Å². The molecule has 0 unspecified atom stereocenters. The van der Waals surface area contributed by atoms with Crippen LogP contribution in [0.1, 0.15) is 28.3 Å². The Labute approximate surface area is 170 Å². The lowest BCUT2D eigenvalue weighted by molar-refractivity contribution is 0.0751. The van der Waals surface area contributed by atoms with Crippen LogP contribution in [0.2, 0.25) is 0 Å². The summed E-state index contributed by atoms with van der Waals surface area (Å²) in [5, 5.41) is 0.977. The molecule has 8 heteroatoms. The highest BCUT2D eigenvalue weighted by Gasteiger charge is 2.25. The van der Waals surface area contributed by atoms with E-state index in [0.717, 1.165) is 73.1 Å². The van der Waals surface area contributed by atoms with Crippen molar-refractivity contribution in [1.82, 2.24) is 24.8 Å². The van der Waals surface area contributed by atoms with Crippen LogP contribution in [0.5, 0.6) is 0 Å². The molecule has 0 bridgehead atoms. The van der Waals surface area contributed by atoms with Crippen molar-refractivity contribution in [2.45, 2.75) is 20.3 Å². The number of carbonyl (C=O) groups excluding carboxylic acids is 1. The number of rotatable bonds is 2. The second-order valence-electron chi connectivity index (χ2n) is 7.70. The van der Waals surface area contributed by atoms with Crippen molar-refractivity contribution in [1.29, 1.82) is 0 Å². The highest BCUT2D eigenvalue weighted by Crippen LogP contribution is 2.29. The second kappa shape index (κ2) is 8.21. The molecule has 28 heavy (non-hydrogen) atoms. The van der Waals surface area contributed by atoms with Gasteiger partial charge in [-0.3, -0.25) is 4.79 Å². The normalized spacial score (nSPS) is 19.1. The van der Waals surface area contributed by atoms with Crippen molar-refractivity contribution in [2.75, 3.05) is 62.7 Å². The SMILES string of the molecule is Cc1cc(C)c2c(N3CCSCC3)nc(C(=O)N3CCCN(C)CC3)nc2n1. The molecule has 4 rings (SSSR count). The van der Waals surface area contributed by atoms with Crippen LogP contribution in [-0.2, 0) is 0 Å². The van der Waals surface area contributed by atoms with Gasteiger partial charge in [-0.15, -0.1) is 0 Å². The molecule has 0 aliphatic carbocycles. The molecular weight excluding hydrogens is 372 g/mol. The van der Waals surface area contributed by atoms with E-state index < -0.39 is 0 Å². The lowest BCUT2D eigenvalue weighted by Gasteiger charge is -2.29. The van der Waals surface area contributed by atoms with Crippen molar-refractivity contribution in [2.24, 2.45) is 0 Å². The number of carbonyl (C=O) groups is 1. The summed E-state index contributed by atoms with van der Waals surface area (Å²) in [6.07, 6.45) is 0.975. The molecule has 2 aromatic heterocycles. The molecule has 2 aliphatic heterocycles. The maximum absolute atomic E-state index is 13.2. The van der Waals surface area contributed by atoms with Gasteiger partial charge in [-0.1, -0.05) is 0 Å². The van der Waals surface area contributed by atoms with Crippen molar-refractivity contribution in [3.63, 3.8) is 0 Å². The Hall–Kier alpha value is -1.93. The molecule has 0 atom stereocenters. The highest BCUT2D eigenvalue weighted by molar-refractivity contribution is 7.99. The van der Waals surface area contributed by atoms with Gasteiger partial charge >= 0.3 is 0 Å². The Morgan fingerprint density at radius 2 is 1.79 bits per heavy atom. The molecule has 2 saturated heterocycles. The van der Waals surface area contributed by atoms with Gasteiger partial charge in [0, 0.05) is 49.9 Å². The zero-order chi connectivity index (χ0) is 19.7. The van der Waals surface area contributed by atoms with E-state index in [1.165, 1.54) is 0 Å². The number of thioether (sulfide) groups is 1. The molecule has 0 radical (unpaired) electrons. The average molecular weight is 401 g/mol. The molecule has 4 heterocycles. The number of aryl methyl sites for hydroxylation is 2. The lowest BCUT2D eigenvalue weighted by Crippen LogP contribution is -2.37. The second-order valence-corrected chi connectivity index (χ2v) is 8.92. The van der Waals surface area contributed by atoms with Gasteiger partial charge in [0.1, 0.15) is 5.82 Å². The van der Waals surface area contributed by atoms with Crippen molar-refractivity contribution < 1.29 is 4.79 Å². The quantitative estimate of drug-likeness (QED) is 0.764. The molecule has 0 saturated carbocycles. The Bertz CT molecular complexity index is 883. The predicted molar refractivity (Wildman–Crippen MR) is 114 cm³/mol. The fourth-order valence-electron chi connectivity index (χ4n) is 3.95. The topological polar surface area (TPSA) is 65.5 Å². The fraction of sp³-hybridized carbons (Fsp3) is 0.600. The summed E-state index contributed by atoms with van der Waals surface area (Å²) in [5.41, 5.74) is 2.67. The number of anilines is 1. The third-order valence-electron chi connectivity index (χ3n) is 5.48. The molecule has 150 valence electrons. The standard InChI is InChI=1S/C20H28N6OS/c1-14-13-15(2)21-17-16(14)19(25-9-11-28-12-10-25)23-18(22-17)20(27)26-6-4-5-24(3)7-8-26/h13H,4-12H2,1-3H3. The van der Waals surface area contributed by atoms with Gasteiger partial charge in [-0.05, 0) is 45.5 Å². The minimum atomic E-state index is -0.0780. The third-order valence-corrected chi connectivity index (χ3v) is 6.42. The van der Waals surface area contributed by atoms with Crippen LogP contribution >= 0.6 is 11.8 Å². The van der Waals surface area contributed by atoms with Gasteiger partial charge in [0.2, 0.25) is 5.82 Å². The van der Waals surface area contributed by atoms with Crippen LogP contribution in [0.25, 0.3) is 11.0 Å². The van der Waals surface area contributed by atoms with Crippen LogP contribution in [0.15, 0.2) is 6.07 Å². The molecule has 7 nitrogen and oxygen atoms in total. The largest absolute Gasteiger partial charge is 0.354 e. The Kier molecular flexibility index (Phi) is 5.68. The van der Waals surface area contributed by atoms with Gasteiger partial charge in [-0.2, -0.15) is 11.8 Å². The molecule has 1 amide bonds. The van der Waals surface area contributed by atoms with Gasteiger partial charge in [0.25, 0.3) is 5.91 Å². The number of hydrogen-bond acceptors (Lipinski definition) is 7. The minimum absolute atomic E-state index is 0.0780. The van der Waals surface area contributed by atoms with E-state index in [1.807, 2.05) is 23.6 Å².